The minimum absolute atomic E-state index is 0.0284. The third-order valence-electron chi connectivity index (χ3n) is 8.97. The van der Waals surface area contributed by atoms with E-state index in [0.717, 1.165) is 19.6 Å². The van der Waals surface area contributed by atoms with Crippen molar-refractivity contribution >= 4 is 58.9 Å². The number of amides is 4. The Morgan fingerprint density at radius 1 is 1.04 bits per heavy atom. The number of benzene rings is 2. The van der Waals surface area contributed by atoms with E-state index in [9.17, 15) is 33.2 Å². The fourth-order valence-electron chi connectivity index (χ4n) is 6.08. The van der Waals surface area contributed by atoms with Crippen LogP contribution in [0.1, 0.15) is 78.0 Å². The number of halogens is 1. The van der Waals surface area contributed by atoms with Crippen molar-refractivity contribution in [1.82, 2.24) is 20.5 Å². The number of nitrogens with zero attached hydrogens (tertiary/aromatic N) is 2. The molecule has 3 aromatic rings. The van der Waals surface area contributed by atoms with E-state index >= 15 is 0 Å². The molecular weight excluding hydrogens is 671 g/mol. The molecular formula is C38H45FN6O7. The van der Waals surface area contributed by atoms with Crippen LogP contribution in [-0.4, -0.2) is 83.1 Å². The summed E-state index contributed by atoms with van der Waals surface area (Å²) in [7, 11) is 0. The second-order valence-corrected chi connectivity index (χ2v) is 12.5. The topological polar surface area (TPSA) is 181 Å². The number of aromatic nitrogens is 1. The van der Waals surface area contributed by atoms with Crippen LogP contribution >= 0.6 is 0 Å². The predicted molar refractivity (Wildman–Crippen MR) is 195 cm³/mol. The molecule has 14 heteroatoms. The van der Waals surface area contributed by atoms with Crippen LogP contribution in [-0.2, 0) is 30.5 Å². The highest BCUT2D eigenvalue weighted by molar-refractivity contribution is 6.35. The molecule has 1 aliphatic rings. The molecule has 1 aliphatic heterocycles. The Kier molecular flexibility index (Phi) is 13.6. The molecule has 0 bridgehead atoms. The molecule has 0 saturated heterocycles. The number of aldehydes is 1. The molecule has 13 nitrogen and oxygen atoms in total. The third kappa shape index (κ3) is 9.78. The number of anilines is 2. The molecule has 1 atom stereocenters. The molecule has 2 heterocycles. The number of carbonyl (C=O) groups is 6. The number of aliphatic carboxylic acids is 1. The van der Waals surface area contributed by atoms with E-state index in [0.29, 0.717) is 57.8 Å². The van der Waals surface area contributed by atoms with Crippen LogP contribution in [0.5, 0.6) is 0 Å². The predicted octanol–water partition coefficient (Wildman–Crippen LogP) is 4.20. The van der Waals surface area contributed by atoms with Crippen molar-refractivity contribution in [1.29, 1.82) is 0 Å². The summed E-state index contributed by atoms with van der Waals surface area (Å²) in [5.74, 6) is -3.39. The van der Waals surface area contributed by atoms with Crippen molar-refractivity contribution in [3.05, 3.63) is 81.9 Å². The van der Waals surface area contributed by atoms with Gasteiger partial charge in [0, 0.05) is 55.0 Å². The Morgan fingerprint density at radius 3 is 2.40 bits per heavy atom. The third-order valence-corrected chi connectivity index (χ3v) is 8.97. The maximum absolute atomic E-state index is 14.5. The maximum Gasteiger partial charge on any atom is 0.303 e. The molecule has 0 aliphatic carbocycles. The number of carboxylic acids is 1. The van der Waals surface area contributed by atoms with Crippen molar-refractivity contribution in [2.75, 3.05) is 36.4 Å². The fraction of sp³-hybridized carbons (Fsp3) is 0.368. The number of aryl methyl sites for hydroxylation is 1. The van der Waals surface area contributed by atoms with Gasteiger partial charge in [-0.3, -0.25) is 24.0 Å². The van der Waals surface area contributed by atoms with Crippen molar-refractivity contribution in [3.63, 3.8) is 0 Å². The largest absolute Gasteiger partial charge is 0.481 e. The SMILES string of the molecule is CCN(CC)CCNC(=O)c1c(C)[nH]c(/C=C2\C(=O)N(Cc3ccc(NC(=O)C(CCC(=O)O)NC(=O)CCC=O)cc3)c3ccc(F)cc32)c1C. The molecule has 5 N–H and O–H groups in total. The van der Waals surface area contributed by atoms with Crippen LogP contribution in [0.2, 0.25) is 0 Å². The van der Waals surface area contributed by atoms with Crippen molar-refractivity contribution in [2.24, 2.45) is 0 Å². The smallest absolute Gasteiger partial charge is 0.303 e. The van der Waals surface area contributed by atoms with Gasteiger partial charge in [-0.2, -0.15) is 0 Å². The Labute approximate surface area is 301 Å². The standard InChI is InChI=1S/C38H45FN6O7/c1-5-44(6-2)18-17-40-37(51)35-23(3)31(41-24(35)4)21-29-28-20-26(39)11-15-32(28)45(38(29)52)22-25-9-12-27(13-10-25)42-36(50)30(14-16-34(48)49)43-33(47)8-7-19-46/h9-13,15,19-21,30,41H,5-8,14,16-18,22H2,1-4H3,(H,40,51)(H,42,50)(H,43,47)(H,48,49)/b29-21-. The number of aromatic amines is 1. The van der Waals surface area contributed by atoms with Crippen molar-refractivity contribution < 1.29 is 38.3 Å². The molecule has 0 fully saturated rings. The zero-order chi connectivity index (χ0) is 37.9. The number of carbonyl (C=O) groups excluding carboxylic acids is 5. The molecule has 1 aromatic heterocycles. The number of hydrogen-bond acceptors (Lipinski definition) is 7. The van der Waals surface area contributed by atoms with E-state index in [1.54, 1.807) is 50.3 Å². The molecule has 52 heavy (non-hydrogen) atoms. The van der Waals surface area contributed by atoms with Gasteiger partial charge >= 0.3 is 5.97 Å². The summed E-state index contributed by atoms with van der Waals surface area (Å²) in [5.41, 5.74) is 4.62. The summed E-state index contributed by atoms with van der Waals surface area (Å²) in [6.07, 6.45) is 1.57. The van der Waals surface area contributed by atoms with Gasteiger partial charge in [0.05, 0.1) is 23.4 Å². The lowest BCUT2D eigenvalue weighted by Crippen LogP contribution is -2.44. The number of nitrogens with one attached hydrogen (secondary N) is 4. The fourth-order valence-corrected chi connectivity index (χ4v) is 6.08. The molecule has 0 radical (unpaired) electrons. The van der Waals surface area contributed by atoms with Crippen LogP contribution in [0.15, 0.2) is 42.5 Å². The summed E-state index contributed by atoms with van der Waals surface area (Å²) >= 11 is 0. The molecule has 1 unspecified atom stereocenters. The average molecular weight is 717 g/mol. The van der Waals surface area contributed by atoms with E-state index in [-0.39, 0.29) is 49.6 Å². The van der Waals surface area contributed by atoms with E-state index in [1.807, 2.05) is 0 Å². The summed E-state index contributed by atoms with van der Waals surface area (Å²) in [6, 6.07) is 9.62. The number of carboxylic acid groups (broad SMARTS) is 1. The second kappa shape index (κ2) is 18.0. The first-order valence-corrected chi connectivity index (χ1v) is 17.2. The van der Waals surface area contributed by atoms with Gasteiger partial charge in [-0.25, -0.2) is 4.39 Å². The molecule has 0 spiro atoms. The normalized spacial score (nSPS) is 13.6. The number of fused-ring (bicyclic) bond motifs is 1. The van der Waals surface area contributed by atoms with Gasteiger partial charge in [0.1, 0.15) is 18.1 Å². The van der Waals surface area contributed by atoms with Crippen LogP contribution in [0, 0.1) is 19.7 Å². The first kappa shape index (κ1) is 39.2. The summed E-state index contributed by atoms with van der Waals surface area (Å²) in [5, 5.41) is 17.2. The first-order valence-electron chi connectivity index (χ1n) is 17.2. The summed E-state index contributed by atoms with van der Waals surface area (Å²) < 4.78 is 14.5. The minimum Gasteiger partial charge on any atom is -0.481 e. The highest BCUT2D eigenvalue weighted by Crippen LogP contribution is 2.39. The van der Waals surface area contributed by atoms with Gasteiger partial charge in [0.25, 0.3) is 11.8 Å². The highest BCUT2D eigenvalue weighted by Gasteiger charge is 2.33. The first-order chi connectivity index (χ1) is 24.9. The Morgan fingerprint density at radius 2 is 1.75 bits per heavy atom. The quantitative estimate of drug-likeness (QED) is 0.0960. The van der Waals surface area contributed by atoms with Crippen LogP contribution in [0.3, 0.4) is 0 Å². The minimum atomic E-state index is -1.13. The van der Waals surface area contributed by atoms with E-state index < -0.39 is 29.6 Å². The molecule has 2 aromatic carbocycles. The van der Waals surface area contributed by atoms with Gasteiger partial charge in [0.2, 0.25) is 11.8 Å². The number of hydrogen-bond donors (Lipinski definition) is 5. The molecule has 4 amide bonds. The molecule has 4 rings (SSSR count). The highest BCUT2D eigenvalue weighted by atomic mass is 19.1. The van der Waals surface area contributed by atoms with Gasteiger partial charge in [0.15, 0.2) is 0 Å². The van der Waals surface area contributed by atoms with E-state index in [2.05, 4.69) is 39.7 Å². The van der Waals surface area contributed by atoms with Crippen molar-refractivity contribution in [3.8, 4) is 0 Å². The monoisotopic (exact) mass is 716 g/mol. The number of H-pyrrole nitrogens is 1. The zero-order valence-corrected chi connectivity index (χ0v) is 29.8. The Hall–Kier alpha value is -5.63. The Balaban J connectivity index is 1.50. The molecule has 276 valence electrons. The summed E-state index contributed by atoms with van der Waals surface area (Å²) in [4.78, 5) is 80.8. The van der Waals surface area contributed by atoms with Crippen LogP contribution < -0.4 is 20.9 Å². The lowest BCUT2D eigenvalue weighted by atomic mass is 10.0. The zero-order valence-electron chi connectivity index (χ0n) is 29.8. The van der Waals surface area contributed by atoms with Crippen molar-refractivity contribution in [2.45, 2.75) is 66.0 Å². The van der Waals surface area contributed by atoms with Gasteiger partial charge < -0.3 is 40.6 Å². The Bertz CT molecular complexity index is 1850. The second-order valence-electron chi connectivity index (χ2n) is 12.5. The van der Waals surface area contributed by atoms with Crippen LogP contribution in [0.25, 0.3) is 11.6 Å². The van der Waals surface area contributed by atoms with Gasteiger partial charge in [-0.1, -0.05) is 26.0 Å². The maximum atomic E-state index is 14.5. The van der Waals surface area contributed by atoms with Gasteiger partial charge in [-0.05, 0) is 80.9 Å². The molecule has 0 saturated carbocycles. The average Bonchev–Trinajstić information content (AvgIpc) is 3.54. The number of likely N-dealkylation sites (N-methyl/N-ethyl adjacent to an activating group) is 1. The summed E-state index contributed by atoms with van der Waals surface area (Å²) in [6.45, 7) is 10.8. The lowest BCUT2D eigenvalue weighted by Gasteiger charge is -2.19. The van der Waals surface area contributed by atoms with E-state index in [4.69, 9.17) is 5.11 Å². The van der Waals surface area contributed by atoms with E-state index in [1.165, 1.54) is 17.0 Å². The van der Waals surface area contributed by atoms with Crippen LogP contribution in [0.4, 0.5) is 15.8 Å². The lowest BCUT2D eigenvalue weighted by molar-refractivity contribution is -0.137. The van der Waals surface area contributed by atoms with Gasteiger partial charge in [-0.15, -0.1) is 0 Å². The number of rotatable bonds is 18.